The maximum Gasteiger partial charge on any atom is 0.237 e. The van der Waals surface area contributed by atoms with Crippen LogP contribution in [0.25, 0.3) is 0 Å². The average Bonchev–Trinajstić information content (AvgIpc) is 3.27. The fourth-order valence-electron chi connectivity index (χ4n) is 2.75. The zero-order valence-electron chi connectivity index (χ0n) is 13.4. The lowest BCUT2D eigenvalue weighted by molar-refractivity contribution is -0.125. The Morgan fingerprint density at radius 3 is 2.86 bits per heavy atom. The molecule has 3 rings (SSSR count). The lowest BCUT2D eigenvalue weighted by Gasteiger charge is -2.26. The van der Waals surface area contributed by atoms with Gasteiger partial charge in [-0.3, -0.25) is 9.69 Å². The summed E-state index contributed by atoms with van der Waals surface area (Å²) in [5, 5.41) is 4.13. The summed E-state index contributed by atoms with van der Waals surface area (Å²) in [7, 11) is 0. The largest absolute Gasteiger partial charge is 0.352 e. The number of aromatic nitrogens is 2. The van der Waals surface area contributed by atoms with Gasteiger partial charge in [-0.05, 0) is 26.2 Å². The van der Waals surface area contributed by atoms with Crippen LogP contribution in [-0.4, -0.2) is 58.4 Å². The maximum absolute atomic E-state index is 12.2. The molecule has 2 heterocycles. The van der Waals surface area contributed by atoms with Gasteiger partial charge in [-0.1, -0.05) is 6.92 Å². The van der Waals surface area contributed by atoms with Crippen LogP contribution < -0.4 is 10.2 Å². The third-order valence-electron chi connectivity index (χ3n) is 4.43. The van der Waals surface area contributed by atoms with E-state index in [9.17, 15) is 4.79 Å². The minimum atomic E-state index is -0.0406. The lowest BCUT2D eigenvalue weighted by atomic mass is 10.2. The van der Waals surface area contributed by atoms with E-state index in [1.165, 1.54) is 11.5 Å². The van der Waals surface area contributed by atoms with Gasteiger partial charge in [0.05, 0.1) is 6.04 Å². The monoisotopic (exact) mass is 323 g/mol. The molecule has 1 saturated carbocycles. The highest BCUT2D eigenvalue weighted by Crippen LogP contribution is 2.21. The molecule has 0 spiro atoms. The van der Waals surface area contributed by atoms with E-state index in [0.29, 0.717) is 6.04 Å². The second-order valence-electron chi connectivity index (χ2n) is 6.18. The van der Waals surface area contributed by atoms with Crippen LogP contribution in [0.3, 0.4) is 0 Å². The minimum Gasteiger partial charge on any atom is -0.352 e. The second kappa shape index (κ2) is 6.91. The summed E-state index contributed by atoms with van der Waals surface area (Å²) >= 11 is 1.49. The Labute approximate surface area is 136 Å². The highest BCUT2D eigenvalue weighted by Gasteiger charge is 2.29. The Bertz CT molecular complexity index is 516. The fraction of sp³-hybridized carbons (Fsp3) is 0.800. The van der Waals surface area contributed by atoms with Crippen molar-refractivity contribution in [1.29, 1.82) is 0 Å². The Kier molecular flexibility index (Phi) is 4.93. The molecule has 1 aliphatic heterocycles. The molecule has 2 fully saturated rings. The van der Waals surface area contributed by atoms with E-state index in [2.05, 4.69) is 31.4 Å². The van der Waals surface area contributed by atoms with Crippen molar-refractivity contribution in [2.45, 2.75) is 51.6 Å². The second-order valence-corrected chi connectivity index (χ2v) is 6.91. The molecule has 0 bridgehead atoms. The molecule has 22 heavy (non-hydrogen) atoms. The molecule has 1 aliphatic carbocycles. The van der Waals surface area contributed by atoms with Crippen molar-refractivity contribution in [2.75, 3.05) is 31.1 Å². The highest BCUT2D eigenvalue weighted by molar-refractivity contribution is 7.09. The van der Waals surface area contributed by atoms with Gasteiger partial charge < -0.3 is 10.2 Å². The highest BCUT2D eigenvalue weighted by atomic mass is 32.1. The summed E-state index contributed by atoms with van der Waals surface area (Å²) in [6.45, 7) is 7.88. The van der Waals surface area contributed by atoms with E-state index >= 15 is 0 Å². The molecule has 1 aromatic rings. The summed E-state index contributed by atoms with van der Waals surface area (Å²) in [6, 6.07) is 0.397. The number of carbonyl (C=O) groups is 1. The molecular formula is C15H25N5OS. The molecule has 1 amide bonds. The molecule has 0 unspecified atom stereocenters. The normalized spacial score (nSPS) is 21.5. The van der Waals surface area contributed by atoms with Crippen molar-refractivity contribution < 1.29 is 4.79 Å². The maximum atomic E-state index is 12.2. The van der Waals surface area contributed by atoms with Crippen LogP contribution >= 0.6 is 11.5 Å². The van der Waals surface area contributed by atoms with Gasteiger partial charge in [-0.2, -0.15) is 4.37 Å². The van der Waals surface area contributed by atoms with Gasteiger partial charge in [0.1, 0.15) is 5.82 Å². The van der Waals surface area contributed by atoms with E-state index in [-0.39, 0.29) is 11.9 Å². The van der Waals surface area contributed by atoms with Gasteiger partial charge in [0.15, 0.2) is 0 Å². The predicted molar refractivity (Wildman–Crippen MR) is 88.3 cm³/mol. The van der Waals surface area contributed by atoms with E-state index in [4.69, 9.17) is 0 Å². The van der Waals surface area contributed by atoms with Crippen LogP contribution in [0.2, 0.25) is 0 Å². The van der Waals surface area contributed by atoms with E-state index in [0.717, 1.165) is 62.8 Å². The summed E-state index contributed by atoms with van der Waals surface area (Å²) in [6.07, 6.45) is 4.23. The van der Waals surface area contributed by atoms with E-state index in [1.807, 2.05) is 6.92 Å². The Morgan fingerprint density at radius 2 is 2.18 bits per heavy atom. The van der Waals surface area contributed by atoms with Crippen LogP contribution in [0.15, 0.2) is 0 Å². The molecule has 0 aromatic carbocycles. The van der Waals surface area contributed by atoms with Crippen LogP contribution in [0.1, 0.15) is 38.9 Å². The Hall–Kier alpha value is -1.21. The number of nitrogens with zero attached hydrogens (tertiary/aromatic N) is 4. The van der Waals surface area contributed by atoms with Crippen molar-refractivity contribution in [3.8, 4) is 0 Å². The molecule has 0 radical (unpaired) electrons. The molecule has 1 atom stereocenters. The predicted octanol–water partition coefficient (Wildman–Crippen LogP) is 1.28. The van der Waals surface area contributed by atoms with Gasteiger partial charge in [-0.25, -0.2) is 4.98 Å². The first-order chi connectivity index (χ1) is 10.7. The fourth-order valence-corrected chi connectivity index (χ4v) is 3.55. The van der Waals surface area contributed by atoms with Crippen molar-refractivity contribution in [3.05, 3.63) is 5.82 Å². The smallest absolute Gasteiger partial charge is 0.237 e. The number of amides is 1. The molecule has 1 N–H and O–H groups in total. The molecule has 122 valence electrons. The summed E-state index contributed by atoms with van der Waals surface area (Å²) < 4.78 is 4.37. The van der Waals surface area contributed by atoms with Crippen LogP contribution in [0, 0.1) is 0 Å². The first-order valence-electron chi connectivity index (χ1n) is 8.29. The van der Waals surface area contributed by atoms with Gasteiger partial charge in [0, 0.05) is 50.2 Å². The number of hydrogen-bond acceptors (Lipinski definition) is 6. The number of anilines is 1. The van der Waals surface area contributed by atoms with Gasteiger partial charge in [0.25, 0.3) is 0 Å². The standard InChI is InChI=1S/C15H25N5OS/c1-3-13-17-15(22-18-13)20-8-4-7-19(9-10-20)11(2)14(21)16-12-5-6-12/h11-12H,3-10H2,1-2H3,(H,16,21)/t11-/m0/s1. The van der Waals surface area contributed by atoms with Crippen molar-refractivity contribution in [1.82, 2.24) is 19.6 Å². The summed E-state index contributed by atoms with van der Waals surface area (Å²) in [4.78, 5) is 21.4. The molecule has 1 saturated heterocycles. The van der Waals surface area contributed by atoms with Crippen molar-refractivity contribution in [2.24, 2.45) is 0 Å². The van der Waals surface area contributed by atoms with Crippen LogP contribution in [0.5, 0.6) is 0 Å². The number of aryl methyl sites for hydroxylation is 1. The zero-order valence-corrected chi connectivity index (χ0v) is 14.2. The molecule has 2 aliphatic rings. The average molecular weight is 323 g/mol. The van der Waals surface area contributed by atoms with Crippen LogP contribution in [-0.2, 0) is 11.2 Å². The quantitative estimate of drug-likeness (QED) is 0.884. The number of rotatable bonds is 5. The van der Waals surface area contributed by atoms with Crippen molar-refractivity contribution >= 4 is 22.6 Å². The van der Waals surface area contributed by atoms with Crippen molar-refractivity contribution in [3.63, 3.8) is 0 Å². The van der Waals surface area contributed by atoms with E-state index in [1.54, 1.807) is 0 Å². The van der Waals surface area contributed by atoms with Gasteiger partial charge >= 0.3 is 0 Å². The summed E-state index contributed by atoms with van der Waals surface area (Å²) in [5.41, 5.74) is 0. The summed E-state index contributed by atoms with van der Waals surface area (Å²) in [5.74, 6) is 1.11. The lowest BCUT2D eigenvalue weighted by Crippen LogP contribution is -2.47. The number of hydrogen-bond donors (Lipinski definition) is 1. The first kappa shape index (κ1) is 15.7. The Morgan fingerprint density at radius 1 is 1.36 bits per heavy atom. The van der Waals surface area contributed by atoms with Crippen LogP contribution in [0.4, 0.5) is 5.13 Å². The number of carbonyl (C=O) groups excluding carboxylic acids is 1. The molecule has 7 heteroatoms. The number of nitrogens with one attached hydrogen (secondary N) is 1. The Balaban J connectivity index is 1.55. The van der Waals surface area contributed by atoms with Gasteiger partial charge in [-0.15, -0.1) is 0 Å². The first-order valence-corrected chi connectivity index (χ1v) is 9.06. The van der Waals surface area contributed by atoms with E-state index < -0.39 is 0 Å². The zero-order chi connectivity index (χ0) is 15.5. The minimum absolute atomic E-state index is 0.0406. The third-order valence-corrected chi connectivity index (χ3v) is 5.24. The third kappa shape index (κ3) is 3.76. The SMILES string of the molecule is CCc1nsc(N2CCCN([C@@H](C)C(=O)NC3CC3)CC2)n1. The molecular weight excluding hydrogens is 298 g/mol. The molecule has 1 aromatic heterocycles. The van der Waals surface area contributed by atoms with Gasteiger partial charge in [0.2, 0.25) is 11.0 Å². The molecule has 6 nitrogen and oxygen atoms in total. The topological polar surface area (TPSA) is 61.4 Å².